The largest absolute Gasteiger partial charge is 0.485 e. The Bertz CT molecular complexity index is 1300. The summed E-state index contributed by atoms with van der Waals surface area (Å²) >= 11 is 0. The van der Waals surface area contributed by atoms with Gasteiger partial charge in [0.25, 0.3) is 0 Å². The van der Waals surface area contributed by atoms with Gasteiger partial charge in [-0.15, -0.1) is 0 Å². The molecule has 7 nitrogen and oxygen atoms in total. The minimum Gasteiger partial charge on any atom is -0.485 e. The molecule has 0 bridgehead atoms. The Labute approximate surface area is 198 Å². The number of aryl methyl sites for hydroxylation is 1. The average molecular weight is 486 g/mol. The molecule has 1 aromatic heterocycles. The highest BCUT2D eigenvalue weighted by molar-refractivity contribution is 7.93. The highest BCUT2D eigenvalue weighted by Gasteiger charge is 2.20. The molecule has 0 amide bonds. The zero-order chi connectivity index (χ0) is 23.5. The van der Waals surface area contributed by atoms with Crippen molar-refractivity contribution in [2.24, 2.45) is 4.36 Å². The van der Waals surface area contributed by atoms with Crippen molar-refractivity contribution in [3.05, 3.63) is 59.3 Å². The molecule has 3 aromatic rings. The number of fused-ring (bicyclic) bond motifs is 1. The lowest BCUT2D eigenvalue weighted by atomic mass is 10.0. The molecule has 0 spiro atoms. The Balaban J connectivity index is 1.48. The van der Waals surface area contributed by atoms with Crippen LogP contribution in [0.2, 0.25) is 0 Å². The van der Waals surface area contributed by atoms with Crippen LogP contribution >= 0.6 is 0 Å². The van der Waals surface area contributed by atoms with Crippen LogP contribution in [0.1, 0.15) is 29.7 Å². The molecular weight excluding hydrogens is 457 g/mol. The summed E-state index contributed by atoms with van der Waals surface area (Å²) in [4.78, 5) is 8.99. The lowest BCUT2D eigenvalue weighted by molar-refractivity contribution is 0.0590. The summed E-state index contributed by atoms with van der Waals surface area (Å²) < 4.78 is 48.7. The fraction of sp³-hybridized carbons (Fsp3) is 0.440. The van der Waals surface area contributed by atoms with E-state index in [2.05, 4.69) is 14.3 Å². The summed E-state index contributed by atoms with van der Waals surface area (Å²) in [5.74, 6) is 1.39. The molecule has 2 aromatic carbocycles. The molecule has 34 heavy (non-hydrogen) atoms. The molecule has 2 aliphatic rings. The molecular formula is C25H28FN3O4S. The zero-order valence-electron chi connectivity index (χ0n) is 19.2. The van der Waals surface area contributed by atoms with Crippen LogP contribution in [-0.2, 0) is 25.6 Å². The summed E-state index contributed by atoms with van der Waals surface area (Å²) in [7, 11) is -2.17. The van der Waals surface area contributed by atoms with E-state index in [4.69, 9.17) is 14.2 Å². The Hall–Kier alpha value is -2.62. The second-order valence-electron chi connectivity index (χ2n) is 8.77. The van der Waals surface area contributed by atoms with Crippen molar-refractivity contribution in [2.45, 2.75) is 32.3 Å². The highest BCUT2D eigenvalue weighted by Crippen LogP contribution is 2.31. The molecule has 0 unspecified atom stereocenters. The molecule has 2 aliphatic heterocycles. The second-order valence-corrected chi connectivity index (χ2v) is 11.3. The monoisotopic (exact) mass is 485 g/mol. The average Bonchev–Trinajstić information content (AvgIpc) is 3.06. The van der Waals surface area contributed by atoms with Crippen LogP contribution in [0, 0.1) is 12.7 Å². The lowest BCUT2D eigenvalue weighted by Crippen LogP contribution is -2.26. The number of rotatable bonds is 5. The van der Waals surface area contributed by atoms with Crippen molar-refractivity contribution in [2.75, 3.05) is 37.9 Å². The molecule has 0 radical (unpaired) electrons. The molecule has 180 valence electrons. The smallest absolute Gasteiger partial charge is 0.145 e. The van der Waals surface area contributed by atoms with Gasteiger partial charge in [-0.3, -0.25) is 0 Å². The molecule has 0 N–H and O–H groups in total. The first-order valence-corrected chi connectivity index (χ1v) is 13.4. The second kappa shape index (κ2) is 9.93. The van der Waals surface area contributed by atoms with Gasteiger partial charge in [-0.25, -0.2) is 18.6 Å². The quantitative estimate of drug-likeness (QED) is 0.534. The zero-order valence-corrected chi connectivity index (χ0v) is 20.0. The van der Waals surface area contributed by atoms with Crippen molar-refractivity contribution >= 4 is 26.3 Å². The topological polar surface area (TPSA) is 82.9 Å². The van der Waals surface area contributed by atoms with Gasteiger partial charge in [-0.1, -0.05) is 6.07 Å². The lowest BCUT2D eigenvalue weighted by Gasteiger charge is -2.19. The SMILES string of the molecule is Cc1cc(N=S2(=O)CCCC2)cc2ncnc(Cc3ccc(F)cc3OC3COCCOC3)c12. The standard InChI is InChI=1S/C25H28FN3O4S/c1-17-10-20(29-34(30)8-2-3-9-34)13-23-25(17)22(27-16-28-23)11-18-4-5-19(26)12-24(18)33-21-14-31-6-7-32-15-21/h4-5,10,12-13,16,21H,2-3,6-9,11,14-15H2,1H3. The van der Waals surface area contributed by atoms with Crippen molar-refractivity contribution in [1.29, 1.82) is 0 Å². The number of benzene rings is 2. The fourth-order valence-corrected chi connectivity index (χ4v) is 6.67. The van der Waals surface area contributed by atoms with Gasteiger partial charge in [0.1, 0.15) is 24.0 Å². The molecule has 5 rings (SSSR count). The van der Waals surface area contributed by atoms with Crippen molar-refractivity contribution < 1.29 is 22.8 Å². The van der Waals surface area contributed by atoms with E-state index in [1.165, 1.54) is 18.5 Å². The molecule has 3 heterocycles. The third-order valence-corrected chi connectivity index (χ3v) is 8.50. The predicted molar refractivity (Wildman–Crippen MR) is 129 cm³/mol. The van der Waals surface area contributed by atoms with Crippen LogP contribution in [0.15, 0.2) is 41.0 Å². The number of hydrogen-bond donors (Lipinski definition) is 0. The van der Waals surface area contributed by atoms with Gasteiger partial charge in [0.2, 0.25) is 0 Å². The van der Waals surface area contributed by atoms with E-state index < -0.39 is 9.73 Å². The summed E-state index contributed by atoms with van der Waals surface area (Å²) in [5, 5.41) is 0.916. The summed E-state index contributed by atoms with van der Waals surface area (Å²) in [5.41, 5.74) is 4.03. The Morgan fingerprint density at radius 3 is 2.65 bits per heavy atom. The number of hydrogen-bond acceptors (Lipinski definition) is 7. The third kappa shape index (κ3) is 5.21. The first kappa shape index (κ1) is 23.1. The third-order valence-electron chi connectivity index (χ3n) is 6.11. The highest BCUT2D eigenvalue weighted by atomic mass is 32.2. The first-order chi connectivity index (χ1) is 16.5. The van der Waals surface area contributed by atoms with Gasteiger partial charge in [-0.2, -0.15) is 4.36 Å². The van der Waals surface area contributed by atoms with Crippen molar-refractivity contribution in [3.63, 3.8) is 0 Å². The summed E-state index contributed by atoms with van der Waals surface area (Å²) in [6.07, 6.45) is 3.57. The van der Waals surface area contributed by atoms with E-state index >= 15 is 0 Å². The number of nitrogens with zero attached hydrogens (tertiary/aromatic N) is 3. The van der Waals surface area contributed by atoms with Crippen LogP contribution in [0.4, 0.5) is 10.1 Å². The molecule has 0 atom stereocenters. The Kier molecular flexibility index (Phi) is 6.76. The summed E-state index contributed by atoms with van der Waals surface area (Å²) in [6, 6.07) is 8.36. The maximum atomic E-state index is 14.1. The van der Waals surface area contributed by atoms with Gasteiger partial charge in [-0.05, 0) is 43.5 Å². The molecule has 9 heteroatoms. The van der Waals surface area contributed by atoms with Crippen LogP contribution in [0.3, 0.4) is 0 Å². The van der Waals surface area contributed by atoms with Gasteiger partial charge in [0.15, 0.2) is 0 Å². The van der Waals surface area contributed by atoms with Crippen LogP contribution < -0.4 is 4.74 Å². The number of aromatic nitrogens is 2. The number of ether oxygens (including phenoxy) is 3. The van der Waals surface area contributed by atoms with E-state index in [-0.39, 0.29) is 11.9 Å². The normalized spacial score (nSPS) is 18.6. The Morgan fingerprint density at radius 2 is 1.88 bits per heavy atom. The van der Waals surface area contributed by atoms with Gasteiger partial charge >= 0.3 is 0 Å². The van der Waals surface area contributed by atoms with E-state index in [1.807, 2.05) is 19.1 Å². The first-order valence-electron chi connectivity index (χ1n) is 11.6. The maximum absolute atomic E-state index is 14.1. The minimum atomic E-state index is -2.17. The van der Waals surface area contributed by atoms with Crippen LogP contribution in [-0.4, -0.2) is 58.2 Å². The molecule has 2 fully saturated rings. The van der Waals surface area contributed by atoms with Crippen LogP contribution in [0.25, 0.3) is 10.9 Å². The maximum Gasteiger partial charge on any atom is 0.145 e. The fourth-order valence-electron chi connectivity index (χ4n) is 4.49. The Morgan fingerprint density at radius 1 is 1.12 bits per heavy atom. The van der Waals surface area contributed by atoms with E-state index in [1.54, 1.807) is 6.07 Å². The predicted octanol–water partition coefficient (Wildman–Crippen LogP) is 4.36. The van der Waals surface area contributed by atoms with E-state index in [0.29, 0.717) is 55.8 Å². The molecule has 0 saturated carbocycles. The van der Waals surface area contributed by atoms with E-state index in [9.17, 15) is 8.60 Å². The number of halogens is 1. The van der Waals surface area contributed by atoms with E-state index in [0.717, 1.165) is 40.6 Å². The van der Waals surface area contributed by atoms with Crippen molar-refractivity contribution in [1.82, 2.24) is 9.97 Å². The van der Waals surface area contributed by atoms with Crippen LogP contribution in [0.5, 0.6) is 5.75 Å². The van der Waals surface area contributed by atoms with Gasteiger partial charge in [0, 0.05) is 34.9 Å². The summed E-state index contributed by atoms with van der Waals surface area (Å²) in [6.45, 7) is 3.80. The minimum absolute atomic E-state index is 0.311. The van der Waals surface area contributed by atoms with Crippen molar-refractivity contribution in [3.8, 4) is 5.75 Å². The van der Waals surface area contributed by atoms with Gasteiger partial charge < -0.3 is 14.2 Å². The van der Waals surface area contributed by atoms with Gasteiger partial charge in [0.05, 0.1) is 53.1 Å². The molecule has 0 aliphatic carbocycles. The molecule has 2 saturated heterocycles.